The van der Waals surface area contributed by atoms with Crippen molar-refractivity contribution >= 4 is 11.8 Å². The molecule has 0 radical (unpaired) electrons. The van der Waals surface area contributed by atoms with Crippen LogP contribution in [0.25, 0.3) is 0 Å². The molecule has 0 amide bonds. The van der Waals surface area contributed by atoms with Crippen LogP contribution in [0.15, 0.2) is 54.6 Å². The zero-order chi connectivity index (χ0) is 15.5. The van der Waals surface area contributed by atoms with Gasteiger partial charge in [0.25, 0.3) is 0 Å². The van der Waals surface area contributed by atoms with E-state index in [0.29, 0.717) is 11.1 Å². The predicted molar refractivity (Wildman–Crippen MR) is 76.8 cm³/mol. The van der Waals surface area contributed by atoms with Crippen LogP contribution >= 0.6 is 0 Å². The van der Waals surface area contributed by atoms with Crippen molar-refractivity contribution in [2.24, 2.45) is 0 Å². The maximum Gasteiger partial charge on any atom is 0.348 e. The van der Waals surface area contributed by atoms with E-state index in [4.69, 9.17) is 0 Å². The van der Waals surface area contributed by atoms with Crippen LogP contribution in [0.1, 0.15) is 28.4 Å². The van der Waals surface area contributed by atoms with Gasteiger partial charge < -0.3 is 4.74 Å². The summed E-state index contributed by atoms with van der Waals surface area (Å²) >= 11 is 0. The molecule has 21 heavy (non-hydrogen) atoms. The van der Waals surface area contributed by atoms with Crippen LogP contribution in [0.2, 0.25) is 0 Å². The van der Waals surface area contributed by atoms with Gasteiger partial charge in [-0.2, -0.15) is 0 Å². The number of ketones is 1. The van der Waals surface area contributed by atoms with E-state index >= 15 is 0 Å². The van der Waals surface area contributed by atoms with E-state index in [0.717, 1.165) is 14.0 Å². The van der Waals surface area contributed by atoms with Crippen LogP contribution in [0, 0.1) is 0 Å². The monoisotopic (exact) mass is 286 g/mol. The predicted octanol–water partition coefficient (Wildman–Crippen LogP) is 3.28. The molecule has 0 aliphatic carbocycles. The Bertz CT molecular complexity index is 645. The number of ether oxygens (including phenoxy) is 1. The van der Waals surface area contributed by atoms with E-state index in [1.165, 1.54) is 24.3 Å². The van der Waals surface area contributed by atoms with Crippen LogP contribution in [-0.2, 0) is 15.2 Å². The highest BCUT2D eigenvalue weighted by atomic mass is 19.1. The third-order valence-electron chi connectivity index (χ3n) is 3.29. The molecule has 1 unspecified atom stereocenters. The highest BCUT2D eigenvalue weighted by molar-refractivity contribution is 6.09. The Kier molecular flexibility index (Phi) is 4.17. The first-order chi connectivity index (χ1) is 9.96. The standard InChI is InChI=1S/C17H15FO3/c1-17(18,16(20)21-2)14-10-8-13(9-11-14)15(19)12-6-4-3-5-7-12/h3-11H,1-2H3. The van der Waals surface area contributed by atoms with Gasteiger partial charge in [0, 0.05) is 16.7 Å². The van der Waals surface area contributed by atoms with Crippen LogP contribution in [0.3, 0.4) is 0 Å². The Morgan fingerprint density at radius 2 is 1.48 bits per heavy atom. The van der Waals surface area contributed by atoms with E-state index in [2.05, 4.69) is 4.74 Å². The summed E-state index contributed by atoms with van der Waals surface area (Å²) in [5.41, 5.74) is -1.09. The molecule has 0 aromatic heterocycles. The summed E-state index contributed by atoms with van der Waals surface area (Å²) in [4.78, 5) is 23.6. The minimum absolute atomic E-state index is 0.152. The van der Waals surface area contributed by atoms with Crippen molar-refractivity contribution in [3.05, 3.63) is 71.3 Å². The first-order valence-electron chi connectivity index (χ1n) is 6.44. The SMILES string of the molecule is COC(=O)C(C)(F)c1ccc(C(=O)c2ccccc2)cc1. The number of methoxy groups -OCH3 is 1. The largest absolute Gasteiger partial charge is 0.466 e. The zero-order valence-corrected chi connectivity index (χ0v) is 11.8. The van der Waals surface area contributed by atoms with Gasteiger partial charge in [0.1, 0.15) is 0 Å². The molecule has 0 saturated heterocycles. The average molecular weight is 286 g/mol. The molecule has 2 aromatic carbocycles. The summed E-state index contributed by atoms with van der Waals surface area (Å²) in [7, 11) is 1.13. The van der Waals surface area contributed by atoms with Gasteiger partial charge in [0.2, 0.25) is 5.67 Å². The molecular weight excluding hydrogens is 271 g/mol. The number of carbonyl (C=O) groups excluding carboxylic acids is 2. The molecule has 4 heteroatoms. The van der Waals surface area contributed by atoms with E-state index in [-0.39, 0.29) is 11.3 Å². The van der Waals surface area contributed by atoms with E-state index in [1.807, 2.05) is 6.07 Å². The van der Waals surface area contributed by atoms with Crippen molar-refractivity contribution in [2.75, 3.05) is 7.11 Å². The first-order valence-corrected chi connectivity index (χ1v) is 6.44. The van der Waals surface area contributed by atoms with Gasteiger partial charge in [-0.25, -0.2) is 9.18 Å². The Balaban J connectivity index is 2.28. The fourth-order valence-electron chi connectivity index (χ4n) is 2.00. The number of esters is 1. The van der Waals surface area contributed by atoms with Crippen molar-refractivity contribution in [2.45, 2.75) is 12.6 Å². The molecule has 0 fully saturated rings. The molecule has 0 bridgehead atoms. The number of hydrogen-bond donors (Lipinski definition) is 0. The zero-order valence-electron chi connectivity index (χ0n) is 11.8. The van der Waals surface area contributed by atoms with Gasteiger partial charge in [-0.3, -0.25) is 4.79 Å². The minimum Gasteiger partial charge on any atom is -0.466 e. The summed E-state index contributed by atoms with van der Waals surface area (Å²) in [5.74, 6) is -1.12. The lowest BCUT2D eigenvalue weighted by Crippen LogP contribution is -2.28. The number of carbonyl (C=O) groups is 2. The lowest BCUT2D eigenvalue weighted by molar-refractivity contribution is -0.154. The Morgan fingerprint density at radius 3 is 2.00 bits per heavy atom. The lowest BCUT2D eigenvalue weighted by atomic mass is 9.95. The highest BCUT2D eigenvalue weighted by Gasteiger charge is 2.36. The first kappa shape index (κ1) is 14.9. The number of rotatable bonds is 4. The van der Waals surface area contributed by atoms with Crippen LogP contribution in [0.4, 0.5) is 4.39 Å². The van der Waals surface area contributed by atoms with Gasteiger partial charge in [0.15, 0.2) is 5.78 Å². The molecule has 2 rings (SSSR count). The summed E-state index contributed by atoms with van der Waals surface area (Å²) < 4.78 is 18.7. The van der Waals surface area contributed by atoms with Crippen LogP contribution < -0.4 is 0 Å². The molecule has 3 nitrogen and oxygen atoms in total. The number of alkyl halides is 1. The van der Waals surface area contributed by atoms with Crippen LogP contribution in [-0.4, -0.2) is 18.9 Å². The molecule has 0 aliphatic heterocycles. The quantitative estimate of drug-likeness (QED) is 0.640. The maximum atomic E-state index is 14.3. The maximum absolute atomic E-state index is 14.3. The molecule has 2 aromatic rings. The highest BCUT2D eigenvalue weighted by Crippen LogP contribution is 2.27. The Morgan fingerprint density at radius 1 is 0.952 bits per heavy atom. The second-order valence-corrected chi connectivity index (χ2v) is 4.77. The van der Waals surface area contributed by atoms with Crippen molar-refractivity contribution in [1.82, 2.24) is 0 Å². The van der Waals surface area contributed by atoms with E-state index < -0.39 is 11.6 Å². The van der Waals surface area contributed by atoms with Gasteiger partial charge >= 0.3 is 5.97 Å². The average Bonchev–Trinajstić information content (AvgIpc) is 2.54. The minimum atomic E-state index is -2.23. The molecule has 0 N–H and O–H groups in total. The van der Waals surface area contributed by atoms with Crippen molar-refractivity contribution in [3.8, 4) is 0 Å². The van der Waals surface area contributed by atoms with Gasteiger partial charge in [-0.15, -0.1) is 0 Å². The molecule has 0 aliphatic rings. The number of benzene rings is 2. The second kappa shape index (κ2) is 5.87. The summed E-state index contributed by atoms with van der Waals surface area (Å²) in [6.45, 7) is 1.13. The summed E-state index contributed by atoms with van der Waals surface area (Å²) in [6, 6.07) is 14.7. The smallest absolute Gasteiger partial charge is 0.348 e. The third kappa shape index (κ3) is 2.99. The topological polar surface area (TPSA) is 43.4 Å². The van der Waals surface area contributed by atoms with Crippen molar-refractivity contribution in [3.63, 3.8) is 0 Å². The fraction of sp³-hybridized carbons (Fsp3) is 0.176. The third-order valence-corrected chi connectivity index (χ3v) is 3.29. The normalized spacial score (nSPS) is 13.3. The molecule has 0 heterocycles. The molecule has 0 spiro atoms. The lowest BCUT2D eigenvalue weighted by Gasteiger charge is -2.17. The van der Waals surface area contributed by atoms with Gasteiger partial charge in [-0.05, 0) is 6.92 Å². The molecular formula is C17H15FO3. The summed E-state index contributed by atoms with van der Waals surface area (Å²) in [5, 5.41) is 0. The molecule has 1 atom stereocenters. The van der Waals surface area contributed by atoms with E-state index in [1.54, 1.807) is 24.3 Å². The Hall–Kier alpha value is -2.49. The second-order valence-electron chi connectivity index (χ2n) is 4.77. The van der Waals surface area contributed by atoms with Crippen LogP contribution in [0.5, 0.6) is 0 Å². The van der Waals surface area contributed by atoms with Gasteiger partial charge in [-0.1, -0.05) is 54.6 Å². The summed E-state index contributed by atoms with van der Waals surface area (Å²) in [6.07, 6.45) is 0. The molecule has 108 valence electrons. The number of hydrogen-bond acceptors (Lipinski definition) is 3. The fourth-order valence-corrected chi connectivity index (χ4v) is 2.00. The molecule has 0 saturated carbocycles. The Labute approximate surface area is 122 Å². The van der Waals surface area contributed by atoms with Crippen molar-refractivity contribution in [1.29, 1.82) is 0 Å². The number of halogens is 1. The van der Waals surface area contributed by atoms with E-state index in [9.17, 15) is 14.0 Å². The van der Waals surface area contributed by atoms with Gasteiger partial charge in [0.05, 0.1) is 7.11 Å². The van der Waals surface area contributed by atoms with Crippen molar-refractivity contribution < 1.29 is 18.7 Å².